The number of rotatable bonds is 2. The van der Waals surface area contributed by atoms with Gasteiger partial charge in [-0.05, 0) is 25.2 Å². The summed E-state index contributed by atoms with van der Waals surface area (Å²) in [6.07, 6.45) is 5.77. The molecule has 13 heavy (non-hydrogen) atoms. The number of Topliss-reactive ketones (excluding diaryl/α,β-unsaturated/α-hetero) is 1. The maximum atomic E-state index is 11.1. The number of carbonyl (C=O) groups is 1. The number of ketones is 1. The molecule has 0 saturated heterocycles. The summed E-state index contributed by atoms with van der Waals surface area (Å²) in [6, 6.07) is 0. The molecule has 3 nitrogen and oxygen atoms in total. The van der Waals surface area contributed by atoms with Crippen molar-refractivity contribution in [3.05, 3.63) is 23.8 Å². The van der Waals surface area contributed by atoms with Crippen molar-refractivity contribution in [2.45, 2.75) is 6.92 Å². The first kappa shape index (κ1) is 10.2. The van der Waals surface area contributed by atoms with Crippen LogP contribution in [-0.2, 0) is 9.63 Å². The minimum Gasteiger partial charge on any atom is -0.295 e. The quantitative estimate of drug-likeness (QED) is 0.597. The molecule has 0 aromatic rings. The Kier molecular flexibility index (Phi) is 3.01. The van der Waals surface area contributed by atoms with Crippen molar-refractivity contribution in [1.29, 1.82) is 0 Å². The molecular weight excluding hydrogens is 166 g/mol. The van der Waals surface area contributed by atoms with Gasteiger partial charge in [0.25, 0.3) is 0 Å². The molecule has 1 aliphatic rings. The minimum atomic E-state index is 0.112. The summed E-state index contributed by atoms with van der Waals surface area (Å²) >= 11 is 0. The Labute approximate surface area is 78.8 Å². The van der Waals surface area contributed by atoms with Gasteiger partial charge in [-0.15, -0.1) is 0 Å². The van der Waals surface area contributed by atoms with Crippen LogP contribution in [0.2, 0.25) is 0 Å². The standard InChI is InChI=1S/C10H16NO2/c1-9(12)10-5-4-7-11(2,13-3)8-6-10/h4-6H,7-8H2,1-3H3/q+1. The topological polar surface area (TPSA) is 26.3 Å². The highest BCUT2D eigenvalue weighted by Gasteiger charge is 2.21. The van der Waals surface area contributed by atoms with Gasteiger partial charge in [0.2, 0.25) is 0 Å². The lowest BCUT2D eigenvalue weighted by Gasteiger charge is -2.26. The van der Waals surface area contributed by atoms with Crippen LogP contribution in [0.5, 0.6) is 0 Å². The highest BCUT2D eigenvalue weighted by atomic mass is 16.7. The normalized spacial score (nSPS) is 28.1. The average Bonchev–Trinajstić information content (AvgIpc) is 2.28. The van der Waals surface area contributed by atoms with Gasteiger partial charge in [0.15, 0.2) is 5.78 Å². The summed E-state index contributed by atoms with van der Waals surface area (Å²) < 4.78 is 0.493. The van der Waals surface area contributed by atoms with Gasteiger partial charge in [0, 0.05) is 5.57 Å². The molecule has 0 bridgehead atoms. The van der Waals surface area contributed by atoms with Crippen LogP contribution in [0.4, 0.5) is 0 Å². The van der Waals surface area contributed by atoms with Gasteiger partial charge in [-0.3, -0.25) is 4.79 Å². The Hall–Kier alpha value is -0.930. The molecule has 0 radical (unpaired) electrons. The molecule has 0 spiro atoms. The number of nitrogens with zero attached hydrogens (tertiary/aromatic N) is 1. The summed E-state index contributed by atoms with van der Waals surface area (Å²) in [4.78, 5) is 16.4. The number of hydroxylamine groups is 3. The van der Waals surface area contributed by atoms with Crippen molar-refractivity contribution in [3.8, 4) is 0 Å². The van der Waals surface area contributed by atoms with E-state index >= 15 is 0 Å². The molecule has 0 aromatic heterocycles. The van der Waals surface area contributed by atoms with Gasteiger partial charge in [-0.25, -0.2) is 4.84 Å². The molecule has 1 atom stereocenters. The van der Waals surface area contributed by atoms with Crippen molar-refractivity contribution in [3.63, 3.8) is 0 Å². The van der Waals surface area contributed by atoms with E-state index in [1.54, 1.807) is 14.0 Å². The Morgan fingerprint density at radius 2 is 2.23 bits per heavy atom. The summed E-state index contributed by atoms with van der Waals surface area (Å²) in [7, 11) is 3.67. The molecule has 0 aromatic carbocycles. The number of carbonyl (C=O) groups excluding carboxylic acids is 1. The highest BCUT2D eigenvalue weighted by molar-refractivity contribution is 5.96. The average molecular weight is 182 g/mol. The predicted molar refractivity (Wildman–Crippen MR) is 50.8 cm³/mol. The van der Waals surface area contributed by atoms with Gasteiger partial charge < -0.3 is 0 Å². The Balaban J connectivity index is 2.81. The van der Waals surface area contributed by atoms with E-state index in [0.29, 0.717) is 4.65 Å². The van der Waals surface area contributed by atoms with Gasteiger partial charge in [-0.1, -0.05) is 0 Å². The fourth-order valence-electron chi connectivity index (χ4n) is 1.25. The molecule has 3 heteroatoms. The largest absolute Gasteiger partial charge is 0.295 e. The molecular formula is C10H16NO2+. The van der Waals surface area contributed by atoms with Crippen LogP contribution in [0.15, 0.2) is 23.8 Å². The van der Waals surface area contributed by atoms with Crippen LogP contribution in [0, 0.1) is 0 Å². The third kappa shape index (κ3) is 2.50. The maximum absolute atomic E-state index is 11.1. The molecule has 0 saturated carbocycles. The Bertz CT molecular complexity index is 268. The van der Waals surface area contributed by atoms with Crippen LogP contribution in [-0.4, -0.2) is 37.7 Å². The second-order valence-electron chi connectivity index (χ2n) is 3.46. The number of quaternary nitrogens is 1. The second kappa shape index (κ2) is 3.85. The summed E-state index contributed by atoms with van der Waals surface area (Å²) in [6.45, 7) is 3.11. The molecule has 0 N–H and O–H groups in total. The van der Waals surface area contributed by atoms with Gasteiger partial charge in [0.1, 0.15) is 13.1 Å². The lowest BCUT2D eigenvalue weighted by Crippen LogP contribution is -2.42. The zero-order valence-corrected chi connectivity index (χ0v) is 8.41. The molecule has 0 amide bonds. The van der Waals surface area contributed by atoms with Crippen LogP contribution < -0.4 is 0 Å². The van der Waals surface area contributed by atoms with Gasteiger partial charge in [-0.2, -0.15) is 4.65 Å². The van der Waals surface area contributed by atoms with E-state index in [-0.39, 0.29) is 5.78 Å². The van der Waals surface area contributed by atoms with Crippen LogP contribution in [0.1, 0.15) is 6.92 Å². The first-order valence-corrected chi connectivity index (χ1v) is 4.35. The number of hydrogen-bond acceptors (Lipinski definition) is 2. The highest BCUT2D eigenvalue weighted by Crippen LogP contribution is 2.11. The zero-order valence-electron chi connectivity index (χ0n) is 8.41. The molecule has 1 rings (SSSR count). The minimum absolute atomic E-state index is 0.112. The first-order chi connectivity index (χ1) is 6.07. The fourth-order valence-corrected chi connectivity index (χ4v) is 1.25. The van der Waals surface area contributed by atoms with E-state index in [0.717, 1.165) is 18.7 Å². The molecule has 0 fully saturated rings. The Morgan fingerprint density at radius 3 is 2.77 bits per heavy atom. The molecule has 1 heterocycles. The lowest BCUT2D eigenvalue weighted by molar-refractivity contribution is -1.08. The van der Waals surface area contributed by atoms with Crippen molar-refractivity contribution in [1.82, 2.24) is 0 Å². The molecule has 1 unspecified atom stereocenters. The van der Waals surface area contributed by atoms with Gasteiger partial charge in [0.05, 0.1) is 14.2 Å². The Morgan fingerprint density at radius 1 is 1.54 bits per heavy atom. The van der Waals surface area contributed by atoms with E-state index in [1.165, 1.54) is 0 Å². The number of hydrogen-bond donors (Lipinski definition) is 0. The van der Waals surface area contributed by atoms with E-state index in [1.807, 2.05) is 25.3 Å². The smallest absolute Gasteiger partial charge is 0.159 e. The second-order valence-corrected chi connectivity index (χ2v) is 3.46. The number of allylic oxidation sites excluding steroid dienone is 2. The predicted octanol–water partition coefficient (Wildman–Crippen LogP) is 1.08. The van der Waals surface area contributed by atoms with Crippen molar-refractivity contribution < 1.29 is 14.3 Å². The van der Waals surface area contributed by atoms with Crippen molar-refractivity contribution in [2.24, 2.45) is 0 Å². The van der Waals surface area contributed by atoms with E-state index in [2.05, 4.69) is 0 Å². The fraction of sp³-hybridized carbons (Fsp3) is 0.500. The number of likely N-dealkylation sites (N-methyl/N-ethyl adjacent to an activating group) is 1. The van der Waals surface area contributed by atoms with Crippen molar-refractivity contribution in [2.75, 3.05) is 27.2 Å². The SMILES string of the molecule is CO[N+]1(C)CC=CC(C(C)=O)=CC1. The van der Waals surface area contributed by atoms with E-state index in [9.17, 15) is 4.79 Å². The summed E-state index contributed by atoms with van der Waals surface area (Å²) in [5.41, 5.74) is 0.777. The zero-order chi connectivity index (χ0) is 9.90. The maximum Gasteiger partial charge on any atom is 0.159 e. The van der Waals surface area contributed by atoms with E-state index < -0.39 is 0 Å². The third-order valence-electron chi connectivity index (χ3n) is 2.33. The molecule has 72 valence electrons. The van der Waals surface area contributed by atoms with E-state index in [4.69, 9.17) is 4.84 Å². The monoisotopic (exact) mass is 182 g/mol. The third-order valence-corrected chi connectivity index (χ3v) is 2.33. The lowest BCUT2D eigenvalue weighted by atomic mass is 10.1. The van der Waals surface area contributed by atoms with Crippen LogP contribution in [0.25, 0.3) is 0 Å². The summed E-state index contributed by atoms with van der Waals surface area (Å²) in [5, 5.41) is 0. The summed E-state index contributed by atoms with van der Waals surface area (Å²) in [5.74, 6) is 0.112. The molecule has 0 aliphatic carbocycles. The van der Waals surface area contributed by atoms with Crippen LogP contribution in [0.3, 0.4) is 0 Å². The van der Waals surface area contributed by atoms with Crippen molar-refractivity contribution >= 4 is 5.78 Å². The molecule has 1 aliphatic heterocycles. The van der Waals surface area contributed by atoms with Gasteiger partial charge >= 0.3 is 0 Å². The van der Waals surface area contributed by atoms with Crippen LogP contribution >= 0.6 is 0 Å². The first-order valence-electron chi connectivity index (χ1n) is 4.35.